The van der Waals surface area contributed by atoms with Crippen LogP contribution in [0.3, 0.4) is 0 Å². The minimum atomic E-state index is -0.0201. The fourth-order valence-electron chi connectivity index (χ4n) is 1.92. The van der Waals surface area contributed by atoms with E-state index in [0.29, 0.717) is 25.4 Å². The molecular formula is C10H16N2O2S. The van der Waals surface area contributed by atoms with Crippen LogP contribution < -0.4 is 10.6 Å². The molecule has 5 heteroatoms. The number of hydrogen-bond donors (Lipinski definition) is 2. The average molecular weight is 228 g/mol. The van der Waals surface area contributed by atoms with Crippen LogP contribution in [-0.2, 0) is 9.59 Å². The Labute approximate surface area is 93.6 Å². The van der Waals surface area contributed by atoms with Gasteiger partial charge in [0.25, 0.3) is 0 Å². The number of thioether (sulfide) groups is 1. The predicted octanol–water partition coefficient (Wildman–Crippen LogP) is 0.134. The van der Waals surface area contributed by atoms with Crippen molar-refractivity contribution in [3.05, 3.63) is 0 Å². The summed E-state index contributed by atoms with van der Waals surface area (Å²) in [5, 5.41) is 5.79. The Kier molecular flexibility index (Phi) is 3.51. The van der Waals surface area contributed by atoms with E-state index >= 15 is 0 Å². The second kappa shape index (κ2) is 4.88. The smallest absolute Gasteiger partial charge is 0.225 e. The second-order valence-electron chi connectivity index (χ2n) is 4.11. The number of rotatable bonds is 2. The van der Waals surface area contributed by atoms with Crippen LogP contribution in [-0.4, -0.2) is 35.9 Å². The zero-order valence-electron chi connectivity index (χ0n) is 8.62. The molecule has 0 spiro atoms. The maximum Gasteiger partial charge on any atom is 0.225 e. The third-order valence-electron chi connectivity index (χ3n) is 2.91. The number of carbonyl (C=O) groups excluding carboxylic acids is 2. The van der Waals surface area contributed by atoms with E-state index in [4.69, 9.17) is 0 Å². The molecule has 0 aromatic rings. The van der Waals surface area contributed by atoms with E-state index in [1.165, 1.54) is 0 Å². The first-order valence-electron chi connectivity index (χ1n) is 5.40. The van der Waals surface area contributed by atoms with Gasteiger partial charge in [-0.2, -0.15) is 11.8 Å². The van der Waals surface area contributed by atoms with Gasteiger partial charge in [0.2, 0.25) is 11.8 Å². The Bertz CT molecular complexity index is 254. The lowest BCUT2D eigenvalue weighted by atomic mass is 9.98. The summed E-state index contributed by atoms with van der Waals surface area (Å²) < 4.78 is 0. The molecule has 2 N–H and O–H groups in total. The second-order valence-corrected chi connectivity index (χ2v) is 5.26. The highest BCUT2D eigenvalue weighted by Gasteiger charge is 2.26. The first-order valence-corrected chi connectivity index (χ1v) is 6.56. The van der Waals surface area contributed by atoms with Crippen LogP contribution in [0.15, 0.2) is 0 Å². The van der Waals surface area contributed by atoms with Crippen molar-refractivity contribution in [3.8, 4) is 0 Å². The van der Waals surface area contributed by atoms with E-state index in [1.54, 1.807) is 0 Å². The molecule has 2 fully saturated rings. The van der Waals surface area contributed by atoms with Gasteiger partial charge in [-0.3, -0.25) is 9.59 Å². The van der Waals surface area contributed by atoms with Crippen LogP contribution in [0.1, 0.15) is 19.3 Å². The van der Waals surface area contributed by atoms with Crippen LogP contribution in [0.4, 0.5) is 0 Å². The zero-order valence-corrected chi connectivity index (χ0v) is 9.44. The molecule has 2 unspecified atom stereocenters. The number of hydrogen-bond acceptors (Lipinski definition) is 3. The third-order valence-corrected chi connectivity index (χ3v) is 4.07. The molecule has 4 nitrogen and oxygen atoms in total. The van der Waals surface area contributed by atoms with Gasteiger partial charge >= 0.3 is 0 Å². The molecule has 2 rings (SSSR count). The first-order chi connectivity index (χ1) is 7.25. The van der Waals surface area contributed by atoms with Crippen LogP contribution in [0.25, 0.3) is 0 Å². The molecule has 2 aliphatic rings. The van der Waals surface area contributed by atoms with E-state index in [1.807, 2.05) is 11.8 Å². The maximum absolute atomic E-state index is 11.8. The molecular weight excluding hydrogens is 212 g/mol. The molecule has 2 heterocycles. The van der Waals surface area contributed by atoms with Crippen LogP contribution in [0.5, 0.6) is 0 Å². The lowest BCUT2D eigenvalue weighted by molar-refractivity contribution is -0.129. The normalized spacial score (nSPS) is 31.1. The van der Waals surface area contributed by atoms with Crippen LogP contribution in [0, 0.1) is 5.92 Å². The van der Waals surface area contributed by atoms with E-state index < -0.39 is 0 Å². The molecule has 15 heavy (non-hydrogen) atoms. The molecule has 0 radical (unpaired) electrons. The number of carbonyl (C=O) groups is 2. The number of nitrogens with one attached hydrogen (secondary N) is 2. The van der Waals surface area contributed by atoms with E-state index in [-0.39, 0.29) is 17.7 Å². The summed E-state index contributed by atoms with van der Waals surface area (Å²) >= 11 is 1.89. The Morgan fingerprint density at radius 2 is 2.33 bits per heavy atom. The van der Waals surface area contributed by atoms with Crippen molar-refractivity contribution >= 4 is 23.6 Å². The number of amides is 2. The predicted molar refractivity (Wildman–Crippen MR) is 59.6 cm³/mol. The lowest BCUT2D eigenvalue weighted by Gasteiger charge is -2.23. The Morgan fingerprint density at radius 1 is 1.47 bits per heavy atom. The fourth-order valence-corrected chi connectivity index (χ4v) is 3.08. The SMILES string of the molecule is O=C1CCC(C(=O)NC2CCSC2)CN1. The highest BCUT2D eigenvalue weighted by atomic mass is 32.2. The van der Waals surface area contributed by atoms with Gasteiger partial charge in [-0.1, -0.05) is 0 Å². The van der Waals surface area contributed by atoms with E-state index in [2.05, 4.69) is 10.6 Å². The van der Waals surface area contributed by atoms with E-state index in [0.717, 1.165) is 17.9 Å². The topological polar surface area (TPSA) is 58.2 Å². The van der Waals surface area contributed by atoms with Crippen molar-refractivity contribution in [1.82, 2.24) is 10.6 Å². The zero-order chi connectivity index (χ0) is 10.7. The van der Waals surface area contributed by atoms with Crippen molar-refractivity contribution in [2.75, 3.05) is 18.1 Å². The summed E-state index contributed by atoms with van der Waals surface area (Å²) in [5.41, 5.74) is 0. The summed E-state index contributed by atoms with van der Waals surface area (Å²) in [4.78, 5) is 22.7. The summed E-state index contributed by atoms with van der Waals surface area (Å²) in [6, 6.07) is 0.347. The van der Waals surface area contributed by atoms with Gasteiger partial charge in [-0.05, 0) is 18.6 Å². The first kappa shape index (κ1) is 10.8. The summed E-state index contributed by atoms with van der Waals surface area (Å²) in [7, 11) is 0. The van der Waals surface area contributed by atoms with Gasteiger partial charge in [-0.15, -0.1) is 0 Å². The van der Waals surface area contributed by atoms with Gasteiger partial charge < -0.3 is 10.6 Å². The molecule has 2 saturated heterocycles. The highest BCUT2D eigenvalue weighted by molar-refractivity contribution is 7.99. The minimum absolute atomic E-state index is 0.0201. The average Bonchev–Trinajstić information content (AvgIpc) is 2.71. The molecule has 0 aromatic carbocycles. The minimum Gasteiger partial charge on any atom is -0.355 e. The van der Waals surface area contributed by atoms with Gasteiger partial charge in [0.15, 0.2) is 0 Å². The summed E-state index contributed by atoms with van der Waals surface area (Å²) in [5.74, 6) is 2.34. The van der Waals surface area contributed by atoms with Crippen molar-refractivity contribution in [1.29, 1.82) is 0 Å². The van der Waals surface area contributed by atoms with Crippen LogP contribution >= 0.6 is 11.8 Å². The molecule has 0 aliphatic carbocycles. The lowest BCUT2D eigenvalue weighted by Crippen LogP contribution is -2.46. The highest BCUT2D eigenvalue weighted by Crippen LogP contribution is 2.18. The molecule has 0 aromatic heterocycles. The molecule has 84 valence electrons. The van der Waals surface area contributed by atoms with Crippen LogP contribution in [0.2, 0.25) is 0 Å². The molecule has 2 aliphatic heterocycles. The van der Waals surface area contributed by atoms with Crippen molar-refractivity contribution in [3.63, 3.8) is 0 Å². The third kappa shape index (κ3) is 2.87. The Hall–Kier alpha value is -0.710. The quantitative estimate of drug-likeness (QED) is 0.706. The molecule has 0 saturated carbocycles. The van der Waals surface area contributed by atoms with Gasteiger partial charge in [0.1, 0.15) is 0 Å². The van der Waals surface area contributed by atoms with Gasteiger partial charge in [0, 0.05) is 24.8 Å². The van der Waals surface area contributed by atoms with E-state index in [9.17, 15) is 9.59 Å². The summed E-state index contributed by atoms with van der Waals surface area (Å²) in [6.07, 6.45) is 2.25. The largest absolute Gasteiger partial charge is 0.355 e. The van der Waals surface area contributed by atoms with Crippen molar-refractivity contribution in [2.45, 2.75) is 25.3 Å². The Balaban J connectivity index is 1.77. The van der Waals surface area contributed by atoms with Gasteiger partial charge in [-0.25, -0.2) is 0 Å². The Morgan fingerprint density at radius 3 is 2.93 bits per heavy atom. The fraction of sp³-hybridized carbons (Fsp3) is 0.800. The summed E-state index contributed by atoms with van der Waals surface area (Å²) in [6.45, 7) is 0.504. The molecule has 2 atom stereocenters. The van der Waals surface area contributed by atoms with Crippen molar-refractivity contribution < 1.29 is 9.59 Å². The monoisotopic (exact) mass is 228 g/mol. The van der Waals surface area contributed by atoms with Gasteiger partial charge in [0.05, 0.1) is 5.92 Å². The van der Waals surface area contributed by atoms with Crippen molar-refractivity contribution in [2.24, 2.45) is 5.92 Å². The maximum atomic E-state index is 11.8. The standard InChI is InChI=1S/C10H16N2O2S/c13-9-2-1-7(5-11-9)10(14)12-8-3-4-15-6-8/h7-8H,1-6H2,(H,11,13)(H,12,14). The number of piperidine rings is 1. The molecule has 2 amide bonds. The molecule has 0 bridgehead atoms.